The van der Waals surface area contributed by atoms with Crippen molar-refractivity contribution in [2.45, 2.75) is 57.8 Å². The van der Waals surface area contributed by atoms with E-state index in [1.165, 1.54) is 66.5 Å². The highest BCUT2D eigenvalue weighted by Crippen LogP contribution is 2.40. The van der Waals surface area contributed by atoms with Gasteiger partial charge in [-0.3, -0.25) is 4.79 Å². The monoisotopic (exact) mass is 423 g/mol. The van der Waals surface area contributed by atoms with E-state index >= 15 is 0 Å². The van der Waals surface area contributed by atoms with E-state index in [-0.39, 0.29) is 5.91 Å². The summed E-state index contributed by atoms with van der Waals surface area (Å²) in [4.78, 5) is 10.4. The summed E-state index contributed by atoms with van der Waals surface area (Å²) in [5, 5.41) is 5.70. The Morgan fingerprint density at radius 1 is 0.844 bits per heavy atom. The van der Waals surface area contributed by atoms with Gasteiger partial charge in [0.05, 0.1) is 0 Å². The van der Waals surface area contributed by atoms with E-state index in [0.717, 1.165) is 5.92 Å². The van der Waals surface area contributed by atoms with Crippen LogP contribution in [0.4, 0.5) is 0 Å². The third-order valence-corrected chi connectivity index (χ3v) is 6.71. The fourth-order valence-electron chi connectivity index (χ4n) is 5.05. The van der Waals surface area contributed by atoms with Crippen LogP contribution in [-0.2, 0) is 6.42 Å². The van der Waals surface area contributed by atoms with Crippen LogP contribution in [0.2, 0.25) is 0 Å². The molecular weight excluding hydrogens is 390 g/mol. The highest BCUT2D eigenvalue weighted by molar-refractivity contribution is 6.08. The standard InChI is InChI=1S/C23H26.C7H7NO/c1-2-3-4-8-17-10-7-12-21-20(17)15-16-22-19-11-6-5-9-18(19)13-14-23(21)22;8-7(9)6-4-2-1-3-5-6/h5-6,9,11,13-17H,2-4,7-8,10,12H2,1H3;1-5H,(H2,8,9). The van der Waals surface area contributed by atoms with E-state index in [4.69, 9.17) is 5.73 Å². The van der Waals surface area contributed by atoms with E-state index in [9.17, 15) is 4.79 Å². The molecule has 1 aliphatic carbocycles. The fourth-order valence-corrected chi connectivity index (χ4v) is 5.05. The van der Waals surface area contributed by atoms with Gasteiger partial charge in [0.2, 0.25) is 5.91 Å². The minimum Gasteiger partial charge on any atom is -0.366 e. The number of rotatable bonds is 5. The van der Waals surface area contributed by atoms with Gasteiger partial charge < -0.3 is 5.73 Å². The van der Waals surface area contributed by atoms with Crippen molar-refractivity contribution in [2.24, 2.45) is 5.73 Å². The van der Waals surface area contributed by atoms with Crippen molar-refractivity contribution < 1.29 is 4.79 Å². The first-order chi connectivity index (χ1) is 15.7. The van der Waals surface area contributed by atoms with Crippen molar-refractivity contribution in [3.05, 3.63) is 95.6 Å². The van der Waals surface area contributed by atoms with Gasteiger partial charge in [0.15, 0.2) is 0 Å². The Balaban J connectivity index is 0.000000230. The molecule has 0 bridgehead atoms. The molecule has 1 atom stereocenters. The van der Waals surface area contributed by atoms with Crippen LogP contribution in [0.15, 0.2) is 78.9 Å². The van der Waals surface area contributed by atoms with Gasteiger partial charge in [-0.2, -0.15) is 0 Å². The number of hydrogen-bond acceptors (Lipinski definition) is 1. The van der Waals surface area contributed by atoms with E-state index < -0.39 is 0 Å². The van der Waals surface area contributed by atoms with Crippen molar-refractivity contribution in [1.82, 2.24) is 0 Å². The van der Waals surface area contributed by atoms with Crippen LogP contribution in [0.3, 0.4) is 0 Å². The molecule has 0 spiro atoms. The number of aryl methyl sites for hydroxylation is 1. The largest absolute Gasteiger partial charge is 0.366 e. The normalized spacial score (nSPS) is 15.1. The molecule has 2 N–H and O–H groups in total. The number of carbonyl (C=O) groups is 1. The zero-order valence-electron chi connectivity index (χ0n) is 19.0. The molecule has 4 aromatic rings. The number of unbranched alkanes of at least 4 members (excludes halogenated alkanes) is 2. The molecule has 1 aliphatic rings. The van der Waals surface area contributed by atoms with E-state index in [2.05, 4.69) is 55.5 Å². The molecule has 0 heterocycles. The van der Waals surface area contributed by atoms with Crippen LogP contribution in [0.5, 0.6) is 0 Å². The second kappa shape index (κ2) is 10.5. The van der Waals surface area contributed by atoms with E-state index in [1.54, 1.807) is 35.4 Å². The first-order valence-electron chi connectivity index (χ1n) is 12.0. The number of amides is 1. The Morgan fingerprint density at radius 3 is 2.34 bits per heavy atom. The summed E-state index contributed by atoms with van der Waals surface area (Å²) < 4.78 is 0. The molecule has 4 aromatic carbocycles. The van der Waals surface area contributed by atoms with Crippen LogP contribution in [0.1, 0.15) is 72.9 Å². The average molecular weight is 424 g/mol. The van der Waals surface area contributed by atoms with Crippen LogP contribution < -0.4 is 5.73 Å². The summed E-state index contributed by atoms with van der Waals surface area (Å²) in [5.41, 5.74) is 8.82. The smallest absolute Gasteiger partial charge is 0.248 e. The lowest BCUT2D eigenvalue weighted by Gasteiger charge is -2.27. The molecule has 0 saturated heterocycles. The zero-order valence-corrected chi connectivity index (χ0v) is 19.0. The van der Waals surface area contributed by atoms with Gasteiger partial charge in [-0.25, -0.2) is 0 Å². The van der Waals surface area contributed by atoms with Gasteiger partial charge in [0.1, 0.15) is 0 Å². The lowest BCUT2D eigenvalue weighted by Crippen LogP contribution is -2.10. The van der Waals surface area contributed by atoms with Crippen LogP contribution in [-0.4, -0.2) is 5.91 Å². The maximum absolute atomic E-state index is 10.4. The minimum atomic E-state index is -0.379. The number of carbonyl (C=O) groups excluding carboxylic acids is 1. The number of benzene rings is 4. The van der Waals surface area contributed by atoms with Crippen molar-refractivity contribution >= 4 is 27.5 Å². The molecule has 0 fully saturated rings. The second-order valence-corrected chi connectivity index (χ2v) is 8.83. The molecule has 5 rings (SSSR count). The molecule has 0 radical (unpaired) electrons. The maximum atomic E-state index is 10.4. The molecule has 32 heavy (non-hydrogen) atoms. The molecule has 0 saturated carbocycles. The summed E-state index contributed by atoms with van der Waals surface area (Å²) >= 11 is 0. The summed E-state index contributed by atoms with van der Waals surface area (Å²) in [7, 11) is 0. The van der Waals surface area contributed by atoms with Gasteiger partial charge in [-0.1, -0.05) is 92.9 Å². The first-order valence-corrected chi connectivity index (χ1v) is 12.0. The third kappa shape index (κ3) is 4.85. The molecule has 1 amide bonds. The highest BCUT2D eigenvalue weighted by Gasteiger charge is 2.21. The second-order valence-electron chi connectivity index (χ2n) is 8.83. The van der Waals surface area contributed by atoms with Gasteiger partial charge in [0.25, 0.3) is 0 Å². The maximum Gasteiger partial charge on any atom is 0.248 e. The number of primary amides is 1. The predicted molar refractivity (Wildman–Crippen MR) is 136 cm³/mol. The van der Waals surface area contributed by atoms with Crippen molar-refractivity contribution in [3.63, 3.8) is 0 Å². The van der Waals surface area contributed by atoms with Crippen molar-refractivity contribution in [3.8, 4) is 0 Å². The third-order valence-electron chi connectivity index (χ3n) is 6.71. The Morgan fingerprint density at radius 2 is 1.59 bits per heavy atom. The van der Waals surface area contributed by atoms with Gasteiger partial charge in [-0.15, -0.1) is 0 Å². The summed E-state index contributed by atoms with van der Waals surface area (Å²) in [5.74, 6) is 0.414. The fraction of sp³-hybridized carbons (Fsp3) is 0.300. The number of nitrogens with two attached hydrogens (primary N) is 1. The van der Waals surface area contributed by atoms with Crippen LogP contribution >= 0.6 is 0 Å². The quantitative estimate of drug-likeness (QED) is 0.258. The topological polar surface area (TPSA) is 43.1 Å². The molecule has 2 nitrogen and oxygen atoms in total. The Bertz CT molecular complexity index is 1200. The minimum absolute atomic E-state index is 0.379. The predicted octanol–water partition coefficient (Wildman–Crippen LogP) is 7.78. The van der Waals surface area contributed by atoms with Crippen molar-refractivity contribution in [2.75, 3.05) is 0 Å². The first kappa shape index (κ1) is 22.1. The van der Waals surface area contributed by atoms with Gasteiger partial charge >= 0.3 is 0 Å². The molecule has 0 aliphatic heterocycles. The Hall–Kier alpha value is -3.13. The summed E-state index contributed by atoms with van der Waals surface area (Å²) in [6.07, 6.45) is 9.46. The average Bonchev–Trinajstić information content (AvgIpc) is 2.85. The van der Waals surface area contributed by atoms with Crippen LogP contribution in [0, 0.1) is 0 Å². The zero-order chi connectivity index (χ0) is 22.3. The van der Waals surface area contributed by atoms with Gasteiger partial charge in [0, 0.05) is 5.56 Å². The molecule has 164 valence electrons. The van der Waals surface area contributed by atoms with Gasteiger partial charge in [-0.05, 0) is 76.4 Å². The summed E-state index contributed by atoms with van der Waals surface area (Å²) in [6.45, 7) is 2.30. The number of hydrogen-bond donors (Lipinski definition) is 1. The molecule has 0 aromatic heterocycles. The lowest BCUT2D eigenvalue weighted by atomic mass is 9.78. The van der Waals surface area contributed by atoms with Crippen molar-refractivity contribution in [1.29, 1.82) is 0 Å². The lowest BCUT2D eigenvalue weighted by molar-refractivity contribution is 0.100. The van der Waals surface area contributed by atoms with Crippen LogP contribution in [0.25, 0.3) is 21.5 Å². The van der Waals surface area contributed by atoms with E-state index in [1.807, 2.05) is 6.07 Å². The Kier molecular flexibility index (Phi) is 7.21. The summed E-state index contributed by atoms with van der Waals surface area (Å²) in [6, 6.07) is 27.0. The SMILES string of the molecule is CCCCCC1CCCc2c1ccc1c2ccc2ccccc21.NC(=O)c1ccccc1. The Labute approximate surface area is 191 Å². The molecule has 1 unspecified atom stereocenters. The molecular formula is C30H33NO. The van der Waals surface area contributed by atoms with E-state index in [0.29, 0.717) is 5.56 Å². The highest BCUT2D eigenvalue weighted by atomic mass is 16.1. The number of fused-ring (bicyclic) bond motifs is 5. The molecule has 2 heteroatoms.